The van der Waals surface area contributed by atoms with E-state index in [9.17, 15) is 4.79 Å². The third kappa shape index (κ3) is 3.16. The van der Waals surface area contributed by atoms with Crippen LogP contribution in [0.15, 0.2) is 24.5 Å². The maximum atomic E-state index is 12.1. The molecule has 1 aromatic carbocycles. The predicted molar refractivity (Wildman–Crippen MR) is 76.4 cm³/mol. The van der Waals surface area contributed by atoms with Crippen molar-refractivity contribution in [3.05, 3.63) is 30.1 Å². The lowest BCUT2D eigenvalue weighted by Gasteiger charge is -2.22. The third-order valence-corrected chi connectivity index (χ3v) is 3.41. The van der Waals surface area contributed by atoms with Crippen LogP contribution in [0.25, 0.3) is 0 Å². The minimum atomic E-state index is -0.144. The number of aromatic nitrogens is 4. The molecule has 0 bridgehead atoms. The first-order valence-electron chi connectivity index (χ1n) is 7.16. The second-order valence-corrected chi connectivity index (χ2v) is 4.94. The van der Waals surface area contributed by atoms with E-state index >= 15 is 0 Å². The predicted octanol–water partition coefficient (Wildman–Crippen LogP) is 0.712. The molecule has 1 aliphatic rings. The van der Waals surface area contributed by atoms with Crippen molar-refractivity contribution in [1.82, 2.24) is 25.5 Å². The summed E-state index contributed by atoms with van der Waals surface area (Å²) in [5.74, 6) is 1.32. The van der Waals surface area contributed by atoms with Gasteiger partial charge in [-0.3, -0.25) is 4.79 Å². The molecule has 1 unspecified atom stereocenters. The zero-order valence-corrected chi connectivity index (χ0v) is 12.2. The van der Waals surface area contributed by atoms with Crippen LogP contribution in [-0.2, 0) is 11.3 Å². The summed E-state index contributed by atoms with van der Waals surface area (Å²) in [5, 5.41) is 13.7. The van der Waals surface area contributed by atoms with Gasteiger partial charge in [-0.25, -0.2) is 4.68 Å². The SMILES string of the molecule is CCC(NC(=O)Cn1cnnn1)c1ccc2c(c1)OCCO2. The van der Waals surface area contributed by atoms with Crippen LogP contribution in [-0.4, -0.2) is 39.3 Å². The Kier molecular flexibility index (Phi) is 4.17. The molecule has 1 amide bonds. The Morgan fingerprint density at radius 1 is 1.36 bits per heavy atom. The number of carbonyl (C=O) groups is 1. The van der Waals surface area contributed by atoms with Gasteiger partial charge >= 0.3 is 0 Å². The fourth-order valence-electron chi connectivity index (χ4n) is 2.34. The molecule has 2 aromatic rings. The summed E-state index contributed by atoms with van der Waals surface area (Å²) < 4.78 is 12.5. The lowest BCUT2D eigenvalue weighted by molar-refractivity contribution is -0.122. The van der Waals surface area contributed by atoms with Crippen LogP contribution in [0.5, 0.6) is 11.5 Å². The van der Waals surface area contributed by atoms with E-state index in [0.717, 1.165) is 23.5 Å². The van der Waals surface area contributed by atoms with Crippen LogP contribution in [0.4, 0.5) is 0 Å². The molecule has 1 aliphatic heterocycles. The Labute approximate surface area is 127 Å². The van der Waals surface area contributed by atoms with Crippen LogP contribution in [0.3, 0.4) is 0 Å². The van der Waals surface area contributed by atoms with Crippen molar-refractivity contribution in [2.24, 2.45) is 0 Å². The van der Waals surface area contributed by atoms with Gasteiger partial charge < -0.3 is 14.8 Å². The highest BCUT2D eigenvalue weighted by Crippen LogP contribution is 2.33. The zero-order valence-electron chi connectivity index (χ0n) is 12.2. The fraction of sp³-hybridized carbons (Fsp3) is 0.429. The van der Waals surface area contributed by atoms with Crippen molar-refractivity contribution in [2.45, 2.75) is 25.9 Å². The number of hydrogen-bond donors (Lipinski definition) is 1. The highest BCUT2D eigenvalue weighted by Gasteiger charge is 2.17. The Morgan fingerprint density at radius 2 is 2.18 bits per heavy atom. The monoisotopic (exact) mass is 303 g/mol. The molecule has 0 saturated carbocycles. The summed E-state index contributed by atoms with van der Waals surface area (Å²) in [5.41, 5.74) is 0.983. The van der Waals surface area contributed by atoms with E-state index in [2.05, 4.69) is 20.8 Å². The van der Waals surface area contributed by atoms with Gasteiger partial charge in [-0.15, -0.1) is 5.10 Å². The number of fused-ring (bicyclic) bond motifs is 1. The Hall–Kier alpha value is -2.64. The number of rotatable bonds is 5. The van der Waals surface area contributed by atoms with Crippen molar-refractivity contribution in [3.8, 4) is 11.5 Å². The smallest absolute Gasteiger partial charge is 0.242 e. The first-order chi connectivity index (χ1) is 10.8. The summed E-state index contributed by atoms with van der Waals surface area (Å²) in [4.78, 5) is 12.1. The summed E-state index contributed by atoms with van der Waals surface area (Å²) >= 11 is 0. The minimum Gasteiger partial charge on any atom is -0.486 e. The maximum absolute atomic E-state index is 12.1. The molecule has 1 atom stereocenters. The summed E-state index contributed by atoms with van der Waals surface area (Å²) in [6.07, 6.45) is 2.17. The molecule has 2 heterocycles. The molecule has 3 rings (SSSR count). The Bertz CT molecular complexity index is 644. The van der Waals surface area contributed by atoms with E-state index in [1.807, 2.05) is 25.1 Å². The molecular formula is C14H17N5O3. The highest BCUT2D eigenvalue weighted by atomic mass is 16.6. The van der Waals surface area contributed by atoms with Gasteiger partial charge in [0.25, 0.3) is 0 Å². The maximum Gasteiger partial charge on any atom is 0.242 e. The van der Waals surface area contributed by atoms with Crippen LogP contribution in [0, 0.1) is 0 Å². The molecule has 116 valence electrons. The van der Waals surface area contributed by atoms with Gasteiger partial charge in [0.2, 0.25) is 5.91 Å². The van der Waals surface area contributed by atoms with E-state index in [1.54, 1.807) is 0 Å². The number of ether oxygens (including phenoxy) is 2. The molecule has 1 N–H and O–H groups in total. The van der Waals surface area contributed by atoms with E-state index in [-0.39, 0.29) is 18.5 Å². The molecule has 0 aliphatic carbocycles. The lowest BCUT2D eigenvalue weighted by Crippen LogP contribution is -2.31. The lowest BCUT2D eigenvalue weighted by atomic mass is 10.0. The van der Waals surface area contributed by atoms with Crippen molar-refractivity contribution in [1.29, 1.82) is 0 Å². The van der Waals surface area contributed by atoms with Crippen molar-refractivity contribution >= 4 is 5.91 Å². The first-order valence-corrected chi connectivity index (χ1v) is 7.16. The van der Waals surface area contributed by atoms with Gasteiger partial charge in [0, 0.05) is 0 Å². The van der Waals surface area contributed by atoms with Crippen molar-refractivity contribution in [3.63, 3.8) is 0 Å². The fourth-order valence-corrected chi connectivity index (χ4v) is 2.34. The summed E-state index contributed by atoms with van der Waals surface area (Å²) in [6.45, 7) is 3.21. The van der Waals surface area contributed by atoms with Gasteiger partial charge in [-0.05, 0) is 34.5 Å². The molecule has 0 fully saturated rings. The molecule has 8 nitrogen and oxygen atoms in total. The third-order valence-electron chi connectivity index (χ3n) is 3.41. The molecule has 0 radical (unpaired) electrons. The van der Waals surface area contributed by atoms with Gasteiger partial charge in [-0.2, -0.15) is 0 Å². The van der Waals surface area contributed by atoms with Crippen LogP contribution < -0.4 is 14.8 Å². The Balaban J connectivity index is 1.69. The zero-order chi connectivity index (χ0) is 15.4. The molecule has 0 saturated heterocycles. The number of nitrogens with zero attached hydrogens (tertiary/aromatic N) is 4. The average molecular weight is 303 g/mol. The van der Waals surface area contributed by atoms with Crippen LogP contribution in [0.2, 0.25) is 0 Å². The minimum absolute atomic E-state index is 0.0913. The number of hydrogen-bond acceptors (Lipinski definition) is 6. The molecule has 22 heavy (non-hydrogen) atoms. The molecule has 8 heteroatoms. The quantitative estimate of drug-likeness (QED) is 0.875. The van der Waals surface area contributed by atoms with E-state index in [1.165, 1.54) is 11.0 Å². The van der Waals surface area contributed by atoms with Gasteiger partial charge in [0.1, 0.15) is 26.1 Å². The van der Waals surface area contributed by atoms with Gasteiger partial charge in [0.15, 0.2) is 11.5 Å². The second-order valence-electron chi connectivity index (χ2n) is 4.94. The summed E-state index contributed by atoms with van der Waals surface area (Å²) in [7, 11) is 0. The highest BCUT2D eigenvalue weighted by molar-refractivity contribution is 5.76. The first kappa shape index (κ1) is 14.3. The van der Waals surface area contributed by atoms with Crippen molar-refractivity contribution in [2.75, 3.05) is 13.2 Å². The largest absolute Gasteiger partial charge is 0.486 e. The molecule has 1 aromatic heterocycles. The normalized spacial score (nSPS) is 14.4. The number of nitrogens with one attached hydrogen (secondary N) is 1. The van der Waals surface area contributed by atoms with Gasteiger partial charge in [-0.1, -0.05) is 13.0 Å². The summed E-state index contributed by atoms with van der Waals surface area (Å²) in [6, 6.07) is 5.64. The van der Waals surface area contributed by atoms with E-state index in [4.69, 9.17) is 9.47 Å². The topological polar surface area (TPSA) is 91.2 Å². The van der Waals surface area contributed by atoms with Crippen molar-refractivity contribution < 1.29 is 14.3 Å². The number of tetrazole rings is 1. The van der Waals surface area contributed by atoms with E-state index < -0.39 is 0 Å². The molecular weight excluding hydrogens is 286 g/mol. The van der Waals surface area contributed by atoms with Crippen LogP contribution in [0.1, 0.15) is 24.9 Å². The molecule has 0 spiro atoms. The van der Waals surface area contributed by atoms with Gasteiger partial charge in [0.05, 0.1) is 6.04 Å². The standard InChI is InChI=1S/C14H17N5O3/c1-2-11(16-14(20)8-19-9-15-17-18-19)10-3-4-12-13(7-10)22-6-5-21-12/h3-4,7,9,11H,2,5-6,8H2,1H3,(H,16,20). The second kappa shape index (κ2) is 6.42. The van der Waals surface area contributed by atoms with E-state index in [0.29, 0.717) is 13.2 Å². The van der Waals surface area contributed by atoms with Crippen LogP contribution >= 0.6 is 0 Å². The number of amides is 1. The average Bonchev–Trinajstić information content (AvgIpc) is 3.05. The Morgan fingerprint density at radius 3 is 2.91 bits per heavy atom. The number of benzene rings is 1. The number of carbonyl (C=O) groups excluding carboxylic acids is 1.